The molecule has 4 nitrogen and oxygen atoms in total. The number of nitrogens with two attached hydrogens (primary N) is 1. The van der Waals surface area contributed by atoms with Crippen LogP contribution in [0.1, 0.15) is 40.5 Å². The van der Waals surface area contributed by atoms with Gasteiger partial charge in [-0.2, -0.15) is 0 Å². The number of aldehydes is 1. The van der Waals surface area contributed by atoms with E-state index in [1.54, 1.807) is 12.2 Å². The summed E-state index contributed by atoms with van der Waals surface area (Å²) in [7, 11) is 0. The van der Waals surface area contributed by atoms with Crippen molar-refractivity contribution in [2.45, 2.75) is 46.1 Å². The molecule has 0 saturated carbocycles. The number of carbonyl (C=O) groups excluding carboxylic acids is 2. The number of amides is 1. The molecule has 0 spiro atoms. The van der Waals surface area contributed by atoms with Crippen LogP contribution in [0.25, 0.3) is 0 Å². The summed E-state index contributed by atoms with van der Waals surface area (Å²) in [6.07, 6.45) is 5.32. The first-order valence-electron chi connectivity index (χ1n) is 5.85. The van der Waals surface area contributed by atoms with E-state index >= 15 is 0 Å². The predicted octanol–water partition coefficient (Wildman–Crippen LogP) is 1.40. The average molecular weight is 240 g/mol. The van der Waals surface area contributed by atoms with Gasteiger partial charge in [0.1, 0.15) is 6.29 Å². The molecule has 98 valence electrons. The molecule has 0 aromatic carbocycles. The van der Waals surface area contributed by atoms with Crippen LogP contribution in [0.2, 0.25) is 0 Å². The fourth-order valence-electron chi connectivity index (χ4n) is 1.85. The second-order valence-electron chi connectivity index (χ2n) is 5.63. The first-order valence-corrected chi connectivity index (χ1v) is 5.85. The monoisotopic (exact) mass is 240 g/mol. The van der Waals surface area contributed by atoms with Gasteiger partial charge in [-0.3, -0.25) is 4.79 Å². The first-order chi connectivity index (χ1) is 7.69. The van der Waals surface area contributed by atoms with Gasteiger partial charge in [0.25, 0.3) is 0 Å². The van der Waals surface area contributed by atoms with Crippen molar-refractivity contribution in [3.8, 4) is 0 Å². The summed E-state index contributed by atoms with van der Waals surface area (Å²) in [5.41, 5.74) is 5.06. The molecule has 0 heterocycles. The van der Waals surface area contributed by atoms with E-state index in [0.29, 0.717) is 19.4 Å². The molecule has 3 N–H and O–H groups in total. The lowest BCUT2D eigenvalue weighted by Crippen LogP contribution is -2.45. The van der Waals surface area contributed by atoms with Crippen LogP contribution >= 0.6 is 0 Å². The van der Waals surface area contributed by atoms with Crippen molar-refractivity contribution in [2.75, 3.05) is 6.54 Å². The summed E-state index contributed by atoms with van der Waals surface area (Å²) in [4.78, 5) is 22.0. The Morgan fingerprint density at radius 1 is 1.24 bits per heavy atom. The van der Waals surface area contributed by atoms with Crippen molar-refractivity contribution in [3.63, 3.8) is 0 Å². The zero-order valence-corrected chi connectivity index (χ0v) is 11.2. The molecule has 17 heavy (non-hydrogen) atoms. The molecule has 4 heteroatoms. The van der Waals surface area contributed by atoms with Gasteiger partial charge in [0, 0.05) is 23.9 Å². The number of nitrogens with one attached hydrogen (secondary N) is 1. The van der Waals surface area contributed by atoms with Gasteiger partial charge in [0.2, 0.25) is 5.91 Å². The lowest BCUT2D eigenvalue weighted by Gasteiger charge is -2.30. The summed E-state index contributed by atoms with van der Waals surface area (Å²) in [6.45, 7) is 8.03. The predicted molar refractivity (Wildman–Crippen MR) is 69.5 cm³/mol. The smallest absolute Gasteiger partial charge is 0.225 e. The highest BCUT2D eigenvalue weighted by Gasteiger charge is 2.32. The van der Waals surface area contributed by atoms with Crippen LogP contribution in [-0.4, -0.2) is 24.3 Å². The highest BCUT2D eigenvalue weighted by molar-refractivity contribution is 5.82. The minimum Gasteiger partial charge on any atom is -0.352 e. The Bertz CT molecular complexity index is 288. The highest BCUT2D eigenvalue weighted by Crippen LogP contribution is 2.26. The van der Waals surface area contributed by atoms with E-state index in [1.165, 1.54) is 0 Å². The van der Waals surface area contributed by atoms with Crippen molar-refractivity contribution >= 4 is 12.2 Å². The Morgan fingerprint density at radius 2 is 1.82 bits per heavy atom. The second-order valence-corrected chi connectivity index (χ2v) is 5.63. The summed E-state index contributed by atoms with van der Waals surface area (Å²) < 4.78 is 0. The van der Waals surface area contributed by atoms with E-state index in [0.717, 1.165) is 6.29 Å². The fraction of sp³-hybridized carbons (Fsp3) is 0.692. The summed E-state index contributed by atoms with van der Waals surface area (Å²) in [5, 5.41) is 2.81. The van der Waals surface area contributed by atoms with Crippen LogP contribution in [0.5, 0.6) is 0 Å². The van der Waals surface area contributed by atoms with Crippen LogP contribution < -0.4 is 11.1 Å². The minimum absolute atomic E-state index is 0.0215. The van der Waals surface area contributed by atoms with Gasteiger partial charge in [-0.05, 0) is 20.3 Å². The maximum Gasteiger partial charge on any atom is 0.225 e. The molecule has 0 atom stereocenters. The molecular formula is C13H24N2O2. The molecule has 0 aliphatic carbocycles. The van der Waals surface area contributed by atoms with Crippen molar-refractivity contribution in [1.29, 1.82) is 0 Å². The number of carbonyl (C=O) groups is 2. The zero-order chi connectivity index (χ0) is 13.5. The van der Waals surface area contributed by atoms with Crippen LogP contribution in [0, 0.1) is 5.41 Å². The molecule has 1 amide bonds. The van der Waals surface area contributed by atoms with E-state index in [1.807, 2.05) is 27.7 Å². The Kier molecular flexibility index (Phi) is 6.10. The van der Waals surface area contributed by atoms with Gasteiger partial charge < -0.3 is 15.8 Å². The van der Waals surface area contributed by atoms with Crippen molar-refractivity contribution < 1.29 is 9.59 Å². The first kappa shape index (κ1) is 15.8. The third-order valence-corrected chi connectivity index (χ3v) is 2.29. The summed E-state index contributed by atoms with van der Waals surface area (Å²) in [6, 6.07) is 0. The van der Waals surface area contributed by atoms with E-state index in [9.17, 15) is 9.59 Å². The normalized spacial score (nSPS) is 12.8. The Morgan fingerprint density at radius 3 is 2.29 bits per heavy atom. The topological polar surface area (TPSA) is 72.2 Å². The van der Waals surface area contributed by atoms with Gasteiger partial charge in [0.05, 0.1) is 0 Å². The van der Waals surface area contributed by atoms with Crippen LogP contribution in [0.4, 0.5) is 0 Å². The maximum absolute atomic E-state index is 11.9. The molecule has 0 aromatic heterocycles. The van der Waals surface area contributed by atoms with Gasteiger partial charge in [-0.1, -0.05) is 26.0 Å². The van der Waals surface area contributed by atoms with E-state index in [2.05, 4.69) is 5.32 Å². The molecule has 0 radical (unpaired) electrons. The molecule has 0 unspecified atom stereocenters. The van der Waals surface area contributed by atoms with Gasteiger partial charge in [0.15, 0.2) is 0 Å². The molecule has 0 aliphatic rings. The molecular weight excluding hydrogens is 216 g/mol. The lowest BCUT2D eigenvalue weighted by molar-refractivity contribution is -0.130. The van der Waals surface area contributed by atoms with Gasteiger partial charge in [-0.25, -0.2) is 0 Å². The highest BCUT2D eigenvalue weighted by atomic mass is 16.2. The molecule has 0 bridgehead atoms. The molecule has 0 rings (SSSR count). The Balaban J connectivity index is 4.16. The molecule has 0 fully saturated rings. The van der Waals surface area contributed by atoms with E-state index < -0.39 is 5.41 Å². The average Bonchev–Trinajstić information content (AvgIpc) is 2.13. The van der Waals surface area contributed by atoms with Gasteiger partial charge >= 0.3 is 0 Å². The third kappa shape index (κ3) is 7.69. The third-order valence-electron chi connectivity index (χ3n) is 2.29. The van der Waals surface area contributed by atoms with Crippen LogP contribution in [0.15, 0.2) is 12.2 Å². The van der Waals surface area contributed by atoms with E-state index in [-0.39, 0.29) is 11.4 Å². The Hall–Kier alpha value is -1.16. The number of hydrogen-bond donors (Lipinski definition) is 2. The molecule has 0 aliphatic heterocycles. The number of allylic oxidation sites excluding steroid dienone is 1. The SMILES string of the molecule is CC(C)(N)CC(C)(C)C(=O)NC/C=C/CC=O. The quantitative estimate of drug-likeness (QED) is 0.522. The van der Waals surface area contributed by atoms with Crippen molar-refractivity contribution in [2.24, 2.45) is 11.1 Å². The zero-order valence-electron chi connectivity index (χ0n) is 11.2. The second kappa shape index (κ2) is 6.55. The molecule has 0 saturated heterocycles. The molecule has 0 aromatic rings. The number of hydrogen-bond acceptors (Lipinski definition) is 3. The standard InChI is InChI=1S/C13H24N2O2/c1-12(2,10-13(3,4)14)11(17)15-8-6-5-7-9-16/h5-6,9H,7-8,10,14H2,1-4H3,(H,15,17)/b6-5+. The van der Waals surface area contributed by atoms with Crippen molar-refractivity contribution in [1.82, 2.24) is 5.32 Å². The summed E-state index contributed by atoms with van der Waals surface area (Å²) >= 11 is 0. The van der Waals surface area contributed by atoms with Crippen LogP contribution in [-0.2, 0) is 9.59 Å². The summed E-state index contributed by atoms with van der Waals surface area (Å²) in [5.74, 6) is -0.0215. The van der Waals surface area contributed by atoms with E-state index in [4.69, 9.17) is 5.73 Å². The lowest BCUT2D eigenvalue weighted by atomic mass is 9.80. The minimum atomic E-state index is -0.489. The Labute approximate surface area is 104 Å². The largest absolute Gasteiger partial charge is 0.352 e. The van der Waals surface area contributed by atoms with Crippen molar-refractivity contribution in [3.05, 3.63) is 12.2 Å². The number of rotatable bonds is 7. The van der Waals surface area contributed by atoms with Gasteiger partial charge in [-0.15, -0.1) is 0 Å². The maximum atomic E-state index is 11.9. The van der Waals surface area contributed by atoms with Crippen LogP contribution in [0.3, 0.4) is 0 Å². The fourth-order valence-corrected chi connectivity index (χ4v) is 1.85.